The Morgan fingerprint density at radius 3 is 2.38 bits per heavy atom. The molecular weight excluding hydrogens is 264 g/mol. The van der Waals surface area contributed by atoms with Gasteiger partial charge in [-0.2, -0.15) is 0 Å². The summed E-state index contributed by atoms with van der Waals surface area (Å²) in [4.78, 5) is 15.1. The van der Waals surface area contributed by atoms with Gasteiger partial charge >= 0.3 is 5.97 Å². The molecule has 0 fully saturated rings. The number of carbonyl (C=O) groups is 1. The van der Waals surface area contributed by atoms with Crippen molar-refractivity contribution < 1.29 is 9.90 Å². The molecule has 0 saturated heterocycles. The normalized spacial score (nSPS) is 11.6. The van der Waals surface area contributed by atoms with Crippen molar-refractivity contribution in [3.63, 3.8) is 0 Å². The Labute approximate surface area is 125 Å². The lowest BCUT2D eigenvalue weighted by Gasteiger charge is -2.19. The quantitative estimate of drug-likeness (QED) is 0.937. The number of imidazole rings is 1. The summed E-state index contributed by atoms with van der Waals surface area (Å²) in [6.07, 6.45) is 2.39. The second kappa shape index (κ2) is 5.72. The minimum atomic E-state index is -0.785. The van der Waals surface area contributed by atoms with Crippen LogP contribution in [-0.2, 0) is 23.7 Å². The topological polar surface area (TPSA) is 55.1 Å². The number of hydrogen-bond acceptors (Lipinski definition) is 2. The number of hydrogen-bond donors (Lipinski definition) is 1. The Hall–Kier alpha value is -2.10. The first-order valence-electron chi connectivity index (χ1n) is 7.12. The molecule has 4 nitrogen and oxygen atoms in total. The van der Waals surface area contributed by atoms with E-state index in [1.54, 1.807) is 6.20 Å². The highest BCUT2D eigenvalue weighted by molar-refractivity contribution is 5.67. The molecule has 1 heterocycles. The molecule has 0 radical (unpaired) electrons. The number of rotatable bonds is 4. The standard InChI is InChI=1S/C17H22N2O2/c1-17(2,3)13-7-5-12(6-8-13)16-18-11-14(19(16)4)9-10-15(20)21/h5-8,11H,9-10H2,1-4H3,(H,20,21). The van der Waals surface area contributed by atoms with Crippen LogP contribution in [0.25, 0.3) is 11.4 Å². The molecule has 0 atom stereocenters. The maximum absolute atomic E-state index is 10.7. The number of benzene rings is 1. The van der Waals surface area contributed by atoms with E-state index < -0.39 is 5.97 Å². The van der Waals surface area contributed by atoms with Crippen LogP contribution < -0.4 is 0 Å². The average molecular weight is 286 g/mol. The van der Waals surface area contributed by atoms with Crippen molar-refractivity contribution >= 4 is 5.97 Å². The molecule has 0 spiro atoms. The maximum Gasteiger partial charge on any atom is 0.303 e. The first-order valence-corrected chi connectivity index (χ1v) is 7.12. The van der Waals surface area contributed by atoms with Crippen LogP contribution in [0.2, 0.25) is 0 Å². The Morgan fingerprint density at radius 1 is 1.24 bits per heavy atom. The van der Waals surface area contributed by atoms with Crippen LogP contribution in [-0.4, -0.2) is 20.6 Å². The second-order valence-corrected chi connectivity index (χ2v) is 6.35. The van der Waals surface area contributed by atoms with Gasteiger partial charge < -0.3 is 9.67 Å². The molecule has 0 aliphatic heterocycles. The molecule has 0 amide bonds. The van der Waals surface area contributed by atoms with E-state index in [0.29, 0.717) is 6.42 Å². The summed E-state index contributed by atoms with van der Waals surface area (Å²) in [5.74, 6) is 0.0862. The van der Waals surface area contributed by atoms with Gasteiger partial charge in [-0.05, 0) is 17.4 Å². The minimum Gasteiger partial charge on any atom is -0.481 e. The number of nitrogens with zero attached hydrogens (tertiary/aromatic N) is 2. The van der Waals surface area contributed by atoms with Gasteiger partial charge in [-0.15, -0.1) is 0 Å². The number of carboxylic acid groups (broad SMARTS) is 1. The zero-order valence-electron chi connectivity index (χ0n) is 13.1. The van der Waals surface area contributed by atoms with E-state index in [-0.39, 0.29) is 11.8 Å². The van der Waals surface area contributed by atoms with E-state index in [4.69, 9.17) is 5.11 Å². The fourth-order valence-corrected chi connectivity index (χ4v) is 2.30. The van der Waals surface area contributed by atoms with Gasteiger partial charge in [-0.25, -0.2) is 4.98 Å². The van der Waals surface area contributed by atoms with E-state index in [2.05, 4.69) is 50.0 Å². The monoisotopic (exact) mass is 286 g/mol. The summed E-state index contributed by atoms with van der Waals surface area (Å²) in [5, 5.41) is 8.77. The van der Waals surface area contributed by atoms with Crippen molar-refractivity contribution in [2.45, 2.75) is 39.0 Å². The van der Waals surface area contributed by atoms with Crippen molar-refractivity contribution in [2.24, 2.45) is 7.05 Å². The first kappa shape index (κ1) is 15.3. The van der Waals surface area contributed by atoms with Gasteiger partial charge in [0.05, 0.1) is 6.42 Å². The van der Waals surface area contributed by atoms with E-state index in [1.807, 2.05) is 11.6 Å². The van der Waals surface area contributed by atoms with Crippen molar-refractivity contribution in [1.82, 2.24) is 9.55 Å². The molecule has 1 N–H and O–H groups in total. The molecule has 2 aromatic rings. The molecule has 0 bridgehead atoms. The lowest BCUT2D eigenvalue weighted by Crippen LogP contribution is -2.10. The predicted octanol–water partition coefficient (Wildman–Crippen LogP) is 3.40. The van der Waals surface area contributed by atoms with Crippen molar-refractivity contribution in [1.29, 1.82) is 0 Å². The summed E-state index contributed by atoms with van der Waals surface area (Å²) < 4.78 is 1.97. The molecule has 21 heavy (non-hydrogen) atoms. The molecule has 1 aromatic carbocycles. The highest BCUT2D eigenvalue weighted by Crippen LogP contribution is 2.26. The largest absolute Gasteiger partial charge is 0.481 e. The fraction of sp³-hybridized carbons (Fsp3) is 0.412. The molecular formula is C17H22N2O2. The van der Waals surface area contributed by atoms with Crippen LogP contribution >= 0.6 is 0 Å². The van der Waals surface area contributed by atoms with Crippen molar-refractivity contribution in [2.75, 3.05) is 0 Å². The molecule has 2 rings (SSSR count). The van der Waals surface area contributed by atoms with Gasteiger partial charge in [0.2, 0.25) is 0 Å². The third-order valence-corrected chi connectivity index (χ3v) is 3.69. The molecule has 0 unspecified atom stereocenters. The Morgan fingerprint density at radius 2 is 1.86 bits per heavy atom. The van der Waals surface area contributed by atoms with Crippen LogP contribution in [0.15, 0.2) is 30.5 Å². The minimum absolute atomic E-state index is 0.127. The molecule has 112 valence electrons. The molecule has 1 aromatic heterocycles. The zero-order chi connectivity index (χ0) is 15.6. The van der Waals surface area contributed by atoms with E-state index in [1.165, 1.54) is 5.56 Å². The highest BCUT2D eigenvalue weighted by atomic mass is 16.4. The second-order valence-electron chi connectivity index (χ2n) is 6.35. The highest BCUT2D eigenvalue weighted by Gasteiger charge is 2.14. The summed E-state index contributed by atoms with van der Waals surface area (Å²) in [6.45, 7) is 6.56. The maximum atomic E-state index is 10.7. The van der Waals surface area contributed by atoms with Gasteiger partial charge in [0.15, 0.2) is 0 Å². The summed E-state index contributed by atoms with van der Waals surface area (Å²) in [7, 11) is 1.93. The summed E-state index contributed by atoms with van der Waals surface area (Å²) >= 11 is 0. The molecule has 0 aliphatic carbocycles. The van der Waals surface area contributed by atoms with Gasteiger partial charge in [-0.1, -0.05) is 45.0 Å². The van der Waals surface area contributed by atoms with Crippen LogP contribution in [0.3, 0.4) is 0 Å². The lowest BCUT2D eigenvalue weighted by molar-refractivity contribution is -0.136. The fourth-order valence-electron chi connectivity index (χ4n) is 2.30. The SMILES string of the molecule is Cn1c(CCC(=O)O)cnc1-c1ccc(C(C)(C)C)cc1. The number of aliphatic carboxylic acids is 1. The smallest absolute Gasteiger partial charge is 0.303 e. The van der Waals surface area contributed by atoms with Crippen LogP contribution in [0.5, 0.6) is 0 Å². The van der Waals surface area contributed by atoms with E-state index >= 15 is 0 Å². The zero-order valence-corrected chi connectivity index (χ0v) is 13.1. The summed E-state index contributed by atoms with van der Waals surface area (Å²) in [5.41, 5.74) is 3.40. The van der Waals surface area contributed by atoms with Crippen LogP contribution in [0, 0.1) is 0 Å². The Kier molecular flexibility index (Phi) is 4.16. The first-order chi connectivity index (χ1) is 9.79. The number of aromatic nitrogens is 2. The predicted molar refractivity (Wildman–Crippen MR) is 83.3 cm³/mol. The third kappa shape index (κ3) is 3.51. The van der Waals surface area contributed by atoms with Gasteiger partial charge in [-0.3, -0.25) is 4.79 Å². The molecule has 0 saturated carbocycles. The molecule has 4 heteroatoms. The van der Waals surface area contributed by atoms with Crippen LogP contribution in [0.4, 0.5) is 0 Å². The number of carboxylic acids is 1. The van der Waals surface area contributed by atoms with Gasteiger partial charge in [0.25, 0.3) is 0 Å². The lowest BCUT2D eigenvalue weighted by atomic mass is 9.87. The van der Waals surface area contributed by atoms with Crippen LogP contribution in [0.1, 0.15) is 38.4 Å². The summed E-state index contributed by atoms with van der Waals surface area (Å²) in [6, 6.07) is 8.40. The van der Waals surface area contributed by atoms with Crippen molar-refractivity contribution in [3.05, 3.63) is 41.7 Å². The average Bonchev–Trinajstić information content (AvgIpc) is 2.77. The van der Waals surface area contributed by atoms with Gasteiger partial charge in [0.1, 0.15) is 5.82 Å². The van der Waals surface area contributed by atoms with Crippen molar-refractivity contribution in [3.8, 4) is 11.4 Å². The van der Waals surface area contributed by atoms with Gasteiger partial charge in [0, 0.05) is 24.5 Å². The van der Waals surface area contributed by atoms with E-state index in [9.17, 15) is 4.79 Å². The molecule has 0 aliphatic rings. The number of aryl methyl sites for hydroxylation is 1. The Balaban J connectivity index is 2.24. The third-order valence-electron chi connectivity index (χ3n) is 3.69. The van der Waals surface area contributed by atoms with E-state index in [0.717, 1.165) is 17.1 Å². The Bertz CT molecular complexity index is 634.